The summed E-state index contributed by atoms with van der Waals surface area (Å²) in [7, 11) is 0. The molecule has 5 nitrogen and oxygen atoms in total. The molecule has 1 aliphatic carbocycles. The number of nitrogens with one attached hydrogen (secondary N) is 1. The van der Waals surface area contributed by atoms with Gasteiger partial charge in [-0.15, -0.1) is 0 Å². The van der Waals surface area contributed by atoms with Crippen molar-refractivity contribution in [3.05, 3.63) is 22.9 Å². The number of ether oxygens (including phenoxy) is 1. The molecule has 0 aromatic rings. The Morgan fingerprint density at radius 2 is 2.14 bits per heavy atom. The number of esters is 1. The highest BCUT2D eigenvalue weighted by molar-refractivity contribution is 5.82. The van der Waals surface area contributed by atoms with Gasteiger partial charge < -0.3 is 10.1 Å². The maximum Gasteiger partial charge on any atom is 0.414 e. The molecule has 0 aromatic heterocycles. The van der Waals surface area contributed by atoms with Gasteiger partial charge in [0.15, 0.2) is 6.61 Å². The van der Waals surface area contributed by atoms with Crippen molar-refractivity contribution in [3.8, 4) is 6.07 Å². The maximum atomic E-state index is 12.8. The second kappa shape index (κ2) is 6.43. The fraction of sp³-hybridized carbons (Fsp3) is 0.462. The van der Waals surface area contributed by atoms with Crippen LogP contribution in [0.4, 0.5) is 13.2 Å². The first-order valence-corrected chi connectivity index (χ1v) is 5.96. The van der Waals surface area contributed by atoms with Gasteiger partial charge in [0.2, 0.25) is 0 Å². The van der Waals surface area contributed by atoms with Crippen molar-refractivity contribution in [3.63, 3.8) is 0 Å². The number of amides is 1. The quantitative estimate of drug-likeness (QED) is 0.808. The summed E-state index contributed by atoms with van der Waals surface area (Å²) in [5.74, 6) is -2.71. The van der Waals surface area contributed by atoms with Crippen molar-refractivity contribution in [1.29, 1.82) is 5.26 Å². The predicted octanol–water partition coefficient (Wildman–Crippen LogP) is 1.97. The summed E-state index contributed by atoms with van der Waals surface area (Å²) >= 11 is 0. The fourth-order valence-electron chi connectivity index (χ4n) is 1.80. The highest BCUT2D eigenvalue weighted by Crippen LogP contribution is 2.38. The second-order valence-corrected chi connectivity index (χ2v) is 4.51. The van der Waals surface area contributed by atoms with Crippen LogP contribution in [0, 0.1) is 17.2 Å². The maximum absolute atomic E-state index is 12.8. The first-order chi connectivity index (χ1) is 9.65. The molecule has 0 aromatic carbocycles. The zero-order valence-corrected chi connectivity index (χ0v) is 11.4. The van der Waals surface area contributed by atoms with E-state index in [1.54, 1.807) is 6.07 Å². The Morgan fingerprint density at radius 3 is 2.62 bits per heavy atom. The molecule has 0 fully saturated rings. The molecular weight excluding hydrogens is 289 g/mol. The van der Waals surface area contributed by atoms with Crippen molar-refractivity contribution in [2.24, 2.45) is 5.92 Å². The van der Waals surface area contributed by atoms with Crippen molar-refractivity contribution in [1.82, 2.24) is 5.32 Å². The van der Waals surface area contributed by atoms with E-state index in [2.05, 4.69) is 10.1 Å². The first-order valence-electron chi connectivity index (χ1n) is 5.96. The van der Waals surface area contributed by atoms with Gasteiger partial charge in [-0.1, -0.05) is 0 Å². The van der Waals surface area contributed by atoms with Gasteiger partial charge in [0.1, 0.15) is 0 Å². The molecule has 114 valence electrons. The van der Waals surface area contributed by atoms with E-state index in [0.29, 0.717) is 5.57 Å². The number of allylic oxidation sites excluding steroid dienone is 3. The minimum atomic E-state index is -4.65. The Bertz CT molecular complexity index is 556. The average Bonchev–Trinajstić information content (AvgIpc) is 2.37. The Kier molecular flexibility index (Phi) is 5.13. The van der Waals surface area contributed by atoms with Crippen LogP contribution in [0.5, 0.6) is 0 Å². The topological polar surface area (TPSA) is 79.2 Å². The highest BCUT2D eigenvalue weighted by Gasteiger charge is 2.41. The van der Waals surface area contributed by atoms with Crippen LogP contribution in [0.15, 0.2) is 22.9 Å². The standard InChI is InChI=1S/C13H13F3N2O3/c1-7-3-9(5-17)10(13(14,15)16)4-11(7)18-12(20)6-21-8(2)19/h4,9H,3,6H2,1-2H3,(H,18,20). The van der Waals surface area contributed by atoms with Crippen LogP contribution in [0.3, 0.4) is 0 Å². The Hall–Kier alpha value is -2.30. The number of rotatable bonds is 3. The number of carbonyl (C=O) groups is 2. The lowest BCUT2D eigenvalue weighted by molar-refractivity contribution is -0.146. The van der Waals surface area contributed by atoms with Crippen LogP contribution in [0.1, 0.15) is 20.3 Å². The van der Waals surface area contributed by atoms with E-state index in [9.17, 15) is 22.8 Å². The number of nitrogens with zero attached hydrogens (tertiary/aromatic N) is 1. The normalized spacial score (nSPS) is 18.7. The SMILES string of the molecule is CC(=O)OCC(=O)NC1=C(C)CC(C#N)C(C(F)(F)F)=C1. The average molecular weight is 302 g/mol. The van der Waals surface area contributed by atoms with Gasteiger partial charge in [0.05, 0.1) is 17.6 Å². The lowest BCUT2D eigenvalue weighted by Crippen LogP contribution is -2.31. The van der Waals surface area contributed by atoms with Gasteiger partial charge in [-0.05, 0) is 25.0 Å². The molecule has 8 heteroatoms. The molecule has 1 N–H and O–H groups in total. The van der Waals surface area contributed by atoms with Crippen LogP contribution in [-0.2, 0) is 14.3 Å². The minimum absolute atomic E-state index is 0.0222. The summed E-state index contributed by atoms with van der Waals surface area (Å²) in [6, 6.07) is 1.60. The van der Waals surface area contributed by atoms with Gasteiger partial charge in [0, 0.05) is 12.6 Å². The third kappa shape index (κ3) is 4.63. The molecular formula is C13H13F3N2O3. The number of nitriles is 1. The molecule has 0 bridgehead atoms. The number of hydrogen-bond donors (Lipinski definition) is 1. The summed E-state index contributed by atoms with van der Waals surface area (Å²) in [6.07, 6.45) is -4.02. The lowest BCUT2D eigenvalue weighted by atomic mass is 9.86. The minimum Gasteiger partial charge on any atom is -0.456 e. The van der Waals surface area contributed by atoms with Crippen molar-refractivity contribution >= 4 is 11.9 Å². The van der Waals surface area contributed by atoms with Crippen LogP contribution >= 0.6 is 0 Å². The Balaban J connectivity index is 2.92. The molecule has 0 saturated heterocycles. The summed E-state index contributed by atoms with van der Waals surface area (Å²) in [5.41, 5.74) is -0.574. The van der Waals surface area contributed by atoms with Crippen molar-refractivity contribution in [2.75, 3.05) is 6.61 Å². The second-order valence-electron chi connectivity index (χ2n) is 4.51. The Labute approximate surface area is 119 Å². The van der Waals surface area contributed by atoms with Crippen molar-refractivity contribution in [2.45, 2.75) is 26.4 Å². The molecule has 1 amide bonds. The molecule has 0 heterocycles. The van der Waals surface area contributed by atoms with E-state index < -0.39 is 36.2 Å². The van der Waals surface area contributed by atoms with Gasteiger partial charge in [0.25, 0.3) is 5.91 Å². The van der Waals surface area contributed by atoms with Crippen LogP contribution in [0.2, 0.25) is 0 Å². The monoisotopic (exact) mass is 302 g/mol. The van der Waals surface area contributed by atoms with Crippen molar-refractivity contribution < 1.29 is 27.5 Å². The molecule has 0 saturated carbocycles. The summed E-state index contributed by atoms with van der Waals surface area (Å²) < 4.78 is 43.0. The molecule has 0 radical (unpaired) electrons. The third-order valence-corrected chi connectivity index (χ3v) is 2.81. The molecule has 1 aliphatic rings. The van der Waals surface area contributed by atoms with Gasteiger partial charge in [-0.2, -0.15) is 18.4 Å². The van der Waals surface area contributed by atoms with Gasteiger partial charge in [-0.3, -0.25) is 9.59 Å². The van der Waals surface area contributed by atoms with E-state index >= 15 is 0 Å². The molecule has 0 aliphatic heterocycles. The van der Waals surface area contributed by atoms with Gasteiger partial charge in [-0.25, -0.2) is 0 Å². The molecule has 1 unspecified atom stereocenters. The number of alkyl halides is 3. The first kappa shape index (κ1) is 16.8. The zero-order valence-electron chi connectivity index (χ0n) is 11.4. The summed E-state index contributed by atoms with van der Waals surface area (Å²) in [4.78, 5) is 22.0. The summed E-state index contributed by atoms with van der Waals surface area (Å²) in [6.45, 7) is 2.05. The molecule has 1 atom stereocenters. The van der Waals surface area contributed by atoms with Gasteiger partial charge >= 0.3 is 12.1 Å². The molecule has 0 spiro atoms. The van der Waals surface area contributed by atoms with E-state index in [0.717, 1.165) is 13.0 Å². The van der Waals surface area contributed by atoms with E-state index in [-0.39, 0.29) is 12.1 Å². The Morgan fingerprint density at radius 1 is 1.52 bits per heavy atom. The lowest BCUT2D eigenvalue weighted by Gasteiger charge is -2.24. The van der Waals surface area contributed by atoms with E-state index in [1.165, 1.54) is 6.92 Å². The molecule has 21 heavy (non-hydrogen) atoms. The highest BCUT2D eigenvalue weighted by atomic mass is 19.4. The van der Waals surface area contributed by atoms with E-state index in [4.69, 9.17) is 5.26 Å². The number of carbonyl (C=O) groups excluding carboxylic acids is 2. The third-order valence-electron chi connectivity index (χ3n) is 2.81. The van der Waals surface area contributed by atoms with Crippen LogP contribution in [-0.4, -0.2) is 24.7 Å². The van der Waals surface area contributed by atoms with Crippen LogP contribution in [0.25, 0.3) is 0 Å². The summed E-state index contributed by atoms with van der Waals surface area (Å²) in [5, 5.41) is 11.0. The smallest absolute Gasteiger partial charge is 0.414 e. The van der Waals surface area contributed by atoms with E-state index in [1.807, 2.05) is 0 Å². The number of hydrogen-bond acceptors (Lipinski definition) is 4. The zero-order chi connectivity index (χ0) is 16.2. The fourth-order valence-corrected chi connectivity index (χ4v) is 1.80. The van der Waals surface area contributed by atoms with Crippen LogP contribution < -0.4 is 5.32 Å². The predicted molar refractivity (Wildman–Crippen MR) is 65.3 cm³/mol. The molecule has 1 rings (SSSR count). The number of halogens is 3. The largest absolute Gasteiger partial charge is 0.456 e.